The van der Waals surface area contributed by atoms with Crippen LogP contribution in [0.3, 0.4) is 0 Å². The maximum Gasteiger partial charge on any atom is 0.363 e. The predicted molar refractivity (Wildman–Crippen MR) is 90.6 cm³/mol. The monoisotopic (exact) mass is 336 g/mol. The first-order chi connectivity index (χ1) is 12.1. The van der Waals surface area contributed by atoms with Gasteiger partial charge in [-0.25, -0.2) is 4.79 Å². The van der Waals surface area contributed by atoms with Crippen LogP contribution in [0.2, 0.25) is 0 Å². The van der Waals surface area contributed by atoms with Crippen molar-refractivity contribution in [3.05, 3.63) is 59.7 Å². The van der Waals surface area contributed by atoms with E-state index in [2.05, 4.69) is 11.8 Å². The number of fused-ring (bicyclic) bond motifs is 1. The van der Waals surface area contributed by atoms with Crippen molar-refractivity contribution in [2.45, 2.75) is 12.0 Å². The highest BCUT2D eigenvalue weighted by atomic mass is 16.6. The molecule has 0 N–H and O–H groups in total. The fourth-order valence-electron chi connectivity index (χ4n) is 2.58. The molecule has 1 aliphatic rings. The zero-order valence-electron chi connectivity index (χ0n) is 13.9. The molecule has 0 saturated carbocycles. The normalized spacial score (nSPS) is 18.2. The number of carbonyl (C=O) groups is 2. The summed E-state index contributed by atoms with van der Waals surface area (Å²) in [4.78, 5) is 24.8. The molecule has 2 aromatic rings. The molecular formula is C20H16O5. The quantitative estimate of drug-likeness (QED) is 0.623. The topological polar surface area (TPSA) is 61.8 Å². The number of ether oxygens (including phenoxy) is 3. The van der Waals surface area contributed by atoms with Crippen molar-refractivity contribution < 1.29 is 23.8 Å². The molecule has 0 bridgehead atoms. The van der Waals surface area contributed by atoms with Gasteiger partial charge in [0, 0.05) is 5.56 Å². The summed E-state index contributed by atoms with van der Waals surface area (Å²) >= 11 is 0. The Hall–Kier alpha value is -3.26. The predicted octanol–water partition coefficient (Wildman–Crippen LogP) is 2.62. The minimum absolute atomic E-state index is 0.195. The van der Waals surface area contributed by atoms with E-state index in [-0.39, 0.29) is 12.2 Å². The third-order valence-electron chi connectivity index (χ3n) is 3.90. The Labute approximate surface area is 145 Å². The van der Waals surface area contributed by atoms with Gasteiger partial charge in [-0.15, -0.1) is 0 Å². The molecule has 126 valence electrons. The number of hydrogen-bond donors (Lipinski definition) is 0. The van der Waals surface area contributed by atoms with Crippen molar-refractivity contribution in [3.8, 4) is 23.3 Å². The number of carbonyl (C=O) groups excluding carboxylic acids is 2. The fraction of sp³-hybridized carbons (Fsp3) is 0.200. The van der Waals surface area contributed by atoms with Crippen LogP contribution in [0.25, 0.3) is 0 Å². The van der Waals surface area contributed by atoms with Gasteiger partial charge < -0.3 is 14.2 Å². The van der Waals surface area contributed by atoms with Gasteiger partial charge >= 0.3 is 5.97 Å². The average molecular weight is 336 g/mol. The lowest BCUT2D eigenvalue weighted by molar-refractivity contribution is -0.154. The van der Waals surface area contributed by atoms with E-state index < -0.39 is 11.6 Å². The van der Waals surface area contributed by atoms with Crippen LogP contribution in [-0.4, -0.2) is 31.6 Å². The first kappa shape index (κ1) is 16.6. The second kappa shape index (κ2) is 6.70. The number of para-hydroxylation sites is 1. The van der Waals surface area contributed by atoms with Crippen LogP contribution >= 0.6 is 0 Å². The van der Waals surface area contributed by atoms with Crippen LogP contribution in [-0.2, 0) is 9.53 Å². The highest BCUT2D eigenvalue weighted by Crippen LogP contribution is 2.33. The number of rotatable bonds is 2. The van der Waals surface area contributed by atoms with Crippen LogP contribution in [0, 0.1) is 11.8 Å². The summed E-state index contributed by atoms with van der Waals surface area (Å²) in [5.41, 5.74) is -0.549. The van der Waals surface area contributed by atoms with Crippen LogP contribution in [0.15, 0.2) is 48.5 Å². The van der Waals surface area contributed by atoms with Gasteiger partial charge in [0.2, 0.25) is 0 Å². The summed E-state index contributed by atoms with van der Waals surface area (Å²) in [5.74, 6) is 5.81. The summed E-state index contributed by atoms with van der Waals surface area (Å²) in [6, 6.07) is 13.8. The molecule has 2 aromatic carbocycles. The standard InChI is InChI=1S/C20H16O5/c1-23-15-9-7-14(8-10-15)11-12-20(19(22)24-2)13-17(21)16-5-3-4-6-18(16)25-20/h3-10H,13H2,1-2H3/t20-/m0/s1. The molecule has 5 nitrogen and oxygen atoms in total. The minimum atomic E-state index is -1.65. The molecule has 1 aliphatic heterocycles. The van der Waals surface area contributed by atoms with Gasteiger partial charge in [0.15, 0.2) is 5.78 Å². The lowest BCUT2D eigenvalue weighted by Gasteiger charge is -2.31. The Morgan fingerprint density at radius 2 is 1.84 bits per heavy atom. The first-order valence-corrected chi connectivity index (χ1v) is 7.65. The van der Waals surface area contributed by atoms with Crippen LogP contribution in [0.5, 0.6) is 11.5 Å². The van der Waals surface area contributed by atoms with Gasteiger partial charge in [-0.05, 0) is 42.3 Å². The van der Waals surface area contributed by atoms with Crippen molar-refractivity contribution in [2.75, 3.05) is 14.2 Å². The van der Waals surface area contributed by atoms with Crippen molar-refractivity contribution in [2.24, 2.45) is 0 Å². The second-order valence-electron chi connectivity index (χ2n) is 5.50. The molecule has 0 saturated heterocycles. The van der Waals surface area contributed by atoms with Gasteiger partial charge in [0.25, 0.3) is 5.60 Å². The maximum absolute atomic E-state index is 12.4. The first-order valence-electron chi connectivity index (χ1n) is 7.65. The van der Waals surface area contributed by atoms with E-state index in [0.717, 1.165) is 0 Å². The van der Waals surface area contributed by atoms with E-state index in [1.165, 1.54) is 7.11 Å². The fourth-order valence-corrected chi connectivity index (χ4v) is 2.58. The van der Waals surface area contributed by atoms with Gasteiger partial charge in [0.1, 0.15) is 11.5 Å². The number of hydrogen-bond acceptors (Lipinski definition) is 5. The van der Waals surface area contributed by atoms with Gasteiger partial charge in [-0.3, -0.25) is 4.79 Å². The molecule has 0 spiro atoms. The highest BCUT2D eigenvalue weighted by molar-refractivity contribution is 6.05. The summed E-state index contributed by atoms with van der Waals surface area (Å²) < 4.78 is 15.8. The molecule has 5 heteroatoms. The zero-order valence-corrected chi connectivity index (χ0v) is 13.9. The average Bonchev–Trinajstić information content (AvgIpc) is 2.66. The largest absolute Gasteiger partial charge is 0.497 e. The summed E-state index contributed by atoms with van der Waals surface area (Å²) in [7, 11) is 2.82. The summed E-state index contributed by atoms with van der Waals surface area (Å²) in [5, 5.41) is 0. The second-order valence-corrected chi connectivity index (χ2v) is 5.50. The lowest BCUT2D eigenvalue weighted by Crippen LogP contribution is -2.48. The molecule has 25 heavy (non-hydrogen) atoms. The number of ketones is 1. The third-order valence-corrected chi connectivity index (χ3v) is 3.90. The molecule has 3 rings (SSSR count). The number of methoxy groups -OCH3 is 2. The molecule has 0 amide bonds. The Morgan fingerprint density at radius 3 is 2.52 bits per heavy atom. The zero-order chi connectivity index (χ0) is 17.9. The minimum Gasteiger partial charge on any atom is -0.497 e. The Balaban J connectivity index is 2.00. The van der Waals surface area contributed by atoms with E-state index in [1.807, 2.05) is 0 Å². The van der Waals surface area contributed by atoms with Gasteiger partial charge in [-0.2, -0.15) is 0 Å². The molecular weight excluding hydrogens is 320 g/mol. The molecule has 0 aromatic heterocycles. The van der Waals surface area contributed by atoms with E-state index in [9.17, 15) is 9.59 Å². The van der Waals surface area contributed by atoms with Crippen molar-refractivity contribution in [1.82, 2.24) is 0 Å². The van der Waals surface area contributed by atoms with E-state index in [4.69, 9.17) is 14.2 Å². The van der Waals surface area contributed by atoms with Crippen molar-refractivity contribution in [1.29, 1.82) is 0 Å². The van der Waals surface area contributed by atoms with Crippen LogP contribution in [0.1, 0.15) is 22.3 Å². The molecule has 1 atom stereocenters. The number of benzene rings is 2. The Morgan fingerprint density at radius 1 is 1.12 bits per heavy atom. The van der Waals surface area contributed by atoms with Gasteiger partial charge in [-0.1, -0.05) is 18.1 Å². The summed E-state index contributed by atoms with van der Waals surface area (Å²) in [6.07, 6.45) is -0.195. The van der Waals surface area contributed by atoms with Crippen molar-refractivity contribution in [3.63, 3.8) is 0 Å². The smallest absolute Gasteiger partial charge is 0.363 e. The van der Waals surface area contributed by atoms with Crippen LogP contribution < -0.4 is 9.47 Å². The molecule has 0 fully saturated rings. The third kappa shape index (κ3) is 3.20. The van der Waals surface area contributed by atoms with Crippen molar-refractivity contribution >= 4 is 11.8 Å². The van der Waals surface area contributed by atoms with Crippen LogP contribution in [0.4, 0.5) is 0 Å². The number of Topliss-reactive ketones (excluding diaryl/α,β-unsaturated/α-hetero) is 1. The highest BCUT2D eigenvalue weighted by Gasteiger charge is 2.47. The Kier molecular flexibility index (Phi) is 4.44. The molecule has 0 unspecified atom stereocenters. The Bertz CT molecular complexity index is 873. The maximum atomic E-state index is 12.4. The lowest BCUT2D eigenvalue weighted by atomic mass is 9.90. The van der Waals surface area contributed by atoms with E-state index in [1.54, 1.807) is 55.6 Å². The van der Waals surface area contributed by atoms with Gasteiger partial charge in [0.05, 0.1) is 26.2 Å². The molecule has 0 radical (unpaired) electrons. The van der Waals surface area contributed by atoms with E-state index in [0.29, 0.717) is 22.6 Å². The van der Waals surface area contributed by atoms with E-state index >= 15 is 0 Å². The molecule has 0 aliphatic carbocycles. The summed E-state index contributed by atoms with van der Waals surface area (Å²) in [6.45, 7) is 0. The SMILES string of the molecule is COC(=O)[C@]1(C#Cc2ccc(OC)cc2)CC(=O)c2ccccc2O1. The molecule has 1 heterocycles. The number of esters is 1.